The van der Waals surface area contributed by atoms with Crippen molar-refractivity contribution < 1.29 is 4.79 Å². The minimum absolute atomic E-state index is 0.0514. The molecule has 0 aliphatic rings. The minimum atomic E-state index is -0.242. The Labute approximate surface area is 117 Å². The lowest BCUT2D eigenvalue weighted by molar-refractivity contribution is 0.0993. The Morgan fingerprint density at radius 2 is 2.17 bits per heavy atom. The van der Waals surface area contributed by atoms with E-state index >= 15 is 0 Å². The first-order valence-electron chi connectivity index (χ1n) is 5.27. The molecule has 1 heterocycles. The summed E-state index contributed by atoms with van der Waals surface area (Å²) in [7, 11) is 1.75. The first kappa shape index (κ1) is 13.2. The third kappa shape index (κ3) is 2.78. The zero-order chi connectivity index (χ0) is 13.1. The number of aromatic nitrogens is 4. The number of rotatable bonds is 4. The molecule has 1 aromatic heterocycles. The number of thioether (sulfide) groups is 1. The Hall–Kier alpha value is -1.21. The monoisotopic (exact) mass is 326 g/mol. The van der Waals surface area contributed by atoms with Gasteiger partial charge in [-0.3, -0.25) is 4.79 Å². The van der Waals surface area contributed by atoms with E-state index in [4.69, 9.17) is 0 Å². The zero-order valence-corrected chi connectivity index (χ0v) is 12.3. The summed E-state index contributed by atoms with van der Waals surface area (Å²) in [5.41, 5.74) is 0.674. The number of benzene rings is 1. The van der Waals surface area contributed by atoms with E-state index in [0.29, 0.717) is 10.7 Å². The second kappa shape index (κ2) is 5.62. The standard InChI is InChI=1S/C11H11BrN4OS/c1-7(18-11-13-14-15-16(11)2)10(17)8-5-3-4-6-9(8)12/h3-7H,1-2H3/t7-/m1/s1. The van der Waals surface area contributed by atoms with Crippen LogP contribution in [0.2, 0.25) is 0 Å². The van der Waals surface area contributed by atoms with Crippen LogP contribution < -0.4 is 0 Å². The summed E-state index contributed by atoms with van der Waals surface area (Å²) in [6, 6.07) is 7.39. The van der Waals surface area contributed by atoms with Gasteiger partial charge in [0.05, 0.1) is 5.25 Å². The molecule has 0 aliphatic heterocycles. The molecule has 0 aliphatic carbocycles. The minimum Gasteiger partial charge on any atom is -0.293 e. The molecule has 0 unspecified atom stereocenters. The summed E-state index contributed by atoms with van der Waals surface area (Å²) in [5.74, 6) is 0.0514. The van der Waals surface area contributed by atoms with Crippen LogP contribution in [0.15, 0.2) is 33.9 Å². The van der Waals surface area contributed by atoms with E-state index in [-0.39, 0.29) is 11.0 Å². The van der Waals surface area contributed by atoms with Crippen molar-refractivity contribution in [3.05, 3.63) is 34.3 Å². The quantitative estimate of drug-likeness (QED) is 0.637. The number of Topliss-reactive ketones (excluding diaryl/α,β-unsaturated/α-hetero) is 1. The summed E-state index contributed by atoms with van der Waals surface area (Å²) >= 11 is 4.73. The summed E-state index contributed by atoms with van der Waals surface area (Å²) < 4.78 is 2.35. The lowest BCUT2D eigenvalue weighted by Gasteiger charge is -2.09. The van der Waals surface area contributed by atoms with E-state index < -0.39 is 0 Å². The Morgan fingerprint density at radius 1 is 1.44 bits per heavy atom. The van der Waals surface area contributed by atoms with Crippen LogP contribution in [-0.4, -0.2) is 31.2 Å². The molecule has 94 valence electrons. The molecule has 0 saturated carbocycles. The average Bonchev–Trinajstić information content (AvgIpc) is 2.75. The van der Waals surface area contributed by atoms with Crippen LogP contribution in [0.25, 0.3) is 0 Å². The van der Waals surface area contributed by atoms with Crippen molar-refractivity contribution >= 4 is 33.5 Å². The van der Waals surface area contributed by atoms with Gasteiger partial charge in [-0.05, 0) is 23.4 Å². The van der Waals surface area contributed by atoms with Gasteiger partial charge in [0.15, 0.2) is 5.78 Å². The van der Waals surface area contributed by atoms with Gasteiger partial charge in [-0.2, -0.15) is 0 Å². The van der Waals surface area contributed by atoms with Gasteiger partial charge >= 0.3 is 0 Å². The van der Waals surface area contributed by atoms with Crippen LogP contribution in [0.3, 0.4) is 0 Å². The molecule has 0 radical (unpaired) electrons. The highest BCUT2D eigenvalue weighted by Crippen LogP contribution is 2.25. The molecule has 1 atom stereocenters. The molecule has 5 nitrogen and oxygen atoms in total. The van der Waals surface area contributed by atoms with Crippen molar-refractivity contribution in [3.63, 3.8) is 0 Å². The average molecular weight is 327 g/mol. The maximum absolute atomic E-state index is 12.3. The first-order chi connectivity index (χ1) is 8.59. The molecule has 1 aromatic carbocycles. The molecule has 0 amide bonds. The zero-order valence-electron chi connectivity index (χ0n) is 9.87. The fourth-order valence-electron chi connectivity index (χ4n) is 1.41. The third-order valence-electron chi connectivity index (χ3n) is 2.37. The number of tetrazole rings is 1. The van der Waals surface area contributed by atoms with Crippen molar-refractivity contribution in [3.8, 4) is 0 Å². The number of carbonyl (C=O) groups excluding carboxylic acids is 1. The molecule has 0 bridgehead atoms. The van der Waals surface area contributed by atoms with Gasteiger partial charge in [0.1, 0.15) is 0 Å². The summed E-state index contributed by atoms with van der Waals surface area (Å²) in [4.78, 5) is 12.3. The first-order valence-corrected chi connectivity index (χ1v) is 6.94. The topological polar surface area (TPSA) is 60.7 Å². The number of hydrogen-bond acceptors (Lipinski definition) is 5. The van der Waals surface area contributed by atoms with Crippen molar-refractivity contribution in [1.29, 1.82) is 0 Å². The highest BCUT2D eigenvalue weighted by atomic mass is 79.9. The lowest BCUT2D eigenvalue weighted by atomic mass is 10.1. The number of halogens is 1. The molecule has 2 aromatic rings. The number of ketones is 1. The predicted octanol–water partition coefficient (Wildman–Crippen LogP) is 2.34. The number of aryl methyl sites for hydroxylation is 1. The van der Waals surface area contributed by atoms with Crippen molar-refractivity contribution in [2.45, 2.75) is 17.3 Å². The van der Waals surface area contributed by atoms with Gasteiger partial charge in [0.25, 0.3) is 0 Å². The second-order valence-corrected chi connectivity index (χ2v) is 5.85. The van der Waals surface area contributed by atoms with E-state index in [2.05, 4.69) is 31.5 Å². The molecular formula is C11H11BrN4OS. The predicted molar refractivity (Wildman–Crippen MR) is 72.6 cm³/mol. The largest absolute Gasteiger partial charge is 0.293 e. The van der Waals surface area contributed by atoms with E-state index in [1.165, 1.54) is 11.8 Å². The van der Waals surface area contributed by atoms with Crippen LogP contribution in [0.1, 0.15) is 17.3 Å². The Morgan fingerprint density at radius 3 is 2.78 bits per heavy atom. The van der Waals surface area contributed by atoms with Gasteiger partial charge in [0, 0.05) is 17.1 Å². The van der Waals surface area contributed by atoms with Gasteiger partial charge in [-0.1, -0.05) is 45.9 Å². The van der Waals surface area contributed by atoms with Crippen LogP contribution in [0.4, 0.5) is 0 Å². The fraction of sp³-hybridized carbons (Fsp3) is 0.273. The fourth-order valence-corrected chi connectivity index (χ4v) is 2.72. The summed E-state index contributed by atoms with van der Waals surface area (Å²) in [6.07, 6.45) is 0. The summed E-state index contributed by atoms with van der Waals surface area (Å²) in [5, 5.41) is 11.5. The molecular weight excluding hydrogens is 316 g/mol. The van der Waals surface area contributed by atoms with Crippen molar-refractivity contribution in [1.82, 2.24) is 20.2 Å². The normalized spacial score (nSPS) is 12.4. The molecule has 0 saturated heterocycles. The van der Waals surface area contributed by atoms with Gasteiger partial charge < -0.3 is 0 Å². The van der Waals surface area contributed by atoms with Crippen LogP contribution in [0, 0.1) is 0 Å². The van der Waals surface area contributed by atoms with Gasteiger partial charge in [0.2, 0.25) is 5.16 Å². The van der Waals surface area contributed by atoms with Crippen molar-refractivity contribution in [2.75, 3.05) is 0 Å². The highest BCUT2D eigenvalue weighted by molar-refractivity contribution is 9.10. The number of carbonyl (C=O) groups is 1. The highest BCUT2D eigenvalue weighted by Gasteiger charge is 2.20. The molecule has 2 rings (SSSR count). The maximum Gasteiger partial charge on any atom is 0.209 e. The molecule has 0 spiro atoms. The van der Waals surface area contributed by atoms with Crippen molar-refractivity contribution in [2.24, 2.45) is 7.05 Å². The SMILES string of the molecule is C[C@@H](Sc1nnnn1C)C(=O)c1ccccc1Br. The molecule has 18 heavy (non-hydrogen) atoms. The third-order valence-corrected chi connectivity index (χ3v) is 4.19. The Bertz CT molecular complexity index is 572. The maximum atomic E-state index is 12.3. The molecule has 7 heteroatoms. The number of hydrogen-bond donors (Lipinski definition) is 0. The van der Waals surface area contributed by atoms with E-state index in [9.17, 15) is 4.79 Å². The Kier molecular flexibility index (Phi) is 4.13. The smallest absolute Gasteiger partial charge is 0.209 e. The van der Waals surface area contributed by atoms with Gasteiger partial charge in [-0.25, -0.2) is 4.68 Å². The van der Waals surface area contributed by atoms with Crippen LogP contribution in [0.5, 0.6) is 0 Å². The second-order valence-electron chi connectivity index (χ2n) is 3.69. The molecule has 0 fully saturated rings. The van der Waals surface area contributed by atoms with E-state index in [1.54, 1.807) is 17.8 Å². The summed E-state index contributed by atoms with van der Waals surface area (Å²) in [6.45, 7) is 1.85. The Balaban J connectivity index is 2.15. The van der Waals surface area contributed by atoms with Crippen LogP contribution in [-0.2, 0) is 7.05 Å². The number of nitrogens with zero attached hydrogens (tertiary/aromatic N) is 4. The van der Waals surface area contributed by atoms with Gasteiger partial charge in [-0.15, -0.1) is 5.10 Å². The molecule has 0 N–H and O–H groups in total. The van der Waals surface area contributed by atoms with E-state index in [1.807, 2.05) is 25.1 Å². The van der Waals surface area contributed by atoms with E-state index in [0.717, 1.165) is 4.47 Å². The van der Waals surface area contributed by atoms with Crippen LogP contribution >= 0.6 is 27.7 Å². The lowest BCUT2D eigenvalue weighted by Crippen LogP contribution is -2.15.